The van der Waals surface area contributed by atoms with Crippen molar-refractivity contribution in [3.63, 3.8) is 0 Å². The van der Waals surface area contributed by atoms with E-state index in [9.17, 15) is 9.59 Å². The number of hydrogen-bond donors (Lipinski definition) is 1. The molecule has 2 heterocycles. The lowest BCUT2D eigenvalue weighted by molar-refractivity contribution is -0.130. The summed E-state index contributed by atoms with van der Waals surface area (Å²) < 4.78 is 10.9. The number of hydrogen-bond acceptors (Lipinski definition) is 4. The van der Waals surface area contributed by atoms with E-state index in [4.69, 9.17) is 9.47 Å². The van der Waals surface area contributed by atoms with E-state index in [1.807, 2.05) is 0 Å². The normalized spacial score (nSPS) is 25.5. The largest absolute Gasteiger partial charge is 0.486 e. The van der Waals surface area contributed by atoms with Crippen molar-refractivity contribution in [2.24, 2.45) is 0 Å². The van der Waals surface area contributed by atoms with Crippen LogP contribution in [0.15, 0.2) is 18.2 Å². The highest BCUT2D eigenvalue weighted by Crippen LogP contribution is 2.36. The fraction of sp³-hybridized carbons (Fsp3) is 0.385. The van der Waals surface area contributed by atoms with Crippen LogP contribution in [-0.4, -0.2) is 37.1 Å². The molecule has 100 valence electrons. The highest BCUT2D eigenvalue weighted by Gasteiger charge is 2.47. The van der Waals surface area contributed by atoms with Gasteiger partial charge in [0.25, 0.3) is 5.91 Å². The summed E-state index contributed by atoms with van der Waals surface area (Å²) in [5, 5.41) is 2.69. The highest BCUT2D eigenvalue weighted by atomic mass is 16.6. The Bertz CT molecular complexity index is 572. The molecule has 6 nitrogen and oxygen atoms in total. The van der Waals surface area contributed by atoms with E-state index in [2.05, 4.69) is 5.32 Å². The standard InChI is InChI=1S/C13H14N2O4/c1-13(11(16)15(2)12(17)14-13)8-3-4-9-10(7-8)19-6-5-18-9/h3-4,7H,5-6H2,1-2H3,(H,14,17). The average Bonchev–Trinajstić information content (AvgIpc) is 2.63. The topological polar surface area (TPSA) is 67.9 Å². The number of carbonyl (C=O) groups is 2. The molecule has 19 heavy (non-hydrogen) atoms. The first-order valence-corrected chi connectivity index (χ1v) is 6.03. The molecule has 1 aromatic carbocycles. The van der Waals surface area contributed by atoms with Gasteiger partial charge in [-0.1, -0.05) is 6.07 Å². The number of rotatable bonds is 1. The van der Waals surface area contributed by atoms with Crippen LogP contribution < -0.4 is 14.8 Å². The van der Waals surface area contributed by atoms with Gasteiger partial charge in [0, 0.05) is 7.05 Å². The number of likely N-dealkylation sites (N-methyl/N-ethyl adjacent to an activating group) is 1. The number of imide groups is 1. The second-order valence-corrected chi connectivity index (χ2v) is 4.78. The number of urea groups is 1. The molecular formula is C13H14N2O4. The molecule has 0 saturated carbocycles. The summed E-state index contributed by atoms with van der Waals surface area (Å²) in [6.07, 6.45) is 0. The Morgan fingerprint density at radius 1 is 1.21 bits per heavy atom. The number of fused-ring (bicyclic) bond motifs is 1. The van der Waals surface area contributed by atoms with Crippen LogP contribution in [0.4, 0.5) is 4.79 Å². The van der Waals surface area contributed by atoms with Crippen molar-refractivity contribution in [1.29, 1.82) is 0 Å². The van der Waals surface area contributed by atoms with Gasteiger partial charge in [0.2, 0.25) is 0 Å². The maximum Gasteiger partial charge on any atom is 0.325 e. The second kappa shape index (κ2) is 3.88. The Kier molecular flexibility index (Phi) is 2.41. The predicted molar refractivity (Wildman–Crippen MR) is 66.1 cm³/mol. The molecule has 6 heteroatoms. The van der Waals surface area contributed by atoms with Gasteiger partial charge in [-0.3, -0.25) is 9.69 Å². The first-order valence-electron chi connectivity index (χ1n) is 6.03. The van der Waals surface area contributed by atoms with Crippen LogP contribution in [0.1, 0.15) is 12.5 Å². The Balaban J connectivity index is 2.02. The number of benzene rings is 1. The van der Waals surface area contributed by atoms with Crippen molar-refractivity contribution >= 4 is 11.9 Å². The Labute approximate surface area is 110 Å². The number of nitrogens with one attached hydrogen (secondary N) is 1. The van der Waals surface area contributed by atoms with Gasteiger partial charge in [-0.05, 0) is 24.6 Å². The number of carbonyl (C=O) groups excluding carboxylic acids is 2. The molecule has 0 aromatic heterocycles. The maximum atomic E-state index is 12.2. The number of amides is 3. The van der Waals surface area contributed by atoms with Crippen molar-refractivity contribution in [3.8, 4) is 11.5 Å². The minimum atomic E-state index is -1.05. The minimum Gasteiger partial charge on any atom is -0.486 e. The van der Waals surface area contributed by atoms with Crippen LogP contribution in [0.5, 0.6) is 11.5 Å². The van der Waals surface area contributed by atoms with Gasteiger partial charge in [-0.15, -0.1) is 0 Å². The SMILES string of the molecule is CN1C(=O)NC(C)(c2ccc3c(c2)OCCO3)C1=O. The Hall–Kier alpha value is -2.24. The molecule has 0 radical (unpaired) electrons. The lowest BCUT2D eigenvalue weighted by atomic mass is 9.91. The van der Waals surface area contributed by atoms with Crippen LogP contribution in [0.25, 0.3) is 0 Å². The highest BCUT2D eigenvalue weighted by molar-refractivity contribution is 6.06. The van der Waals surface area contributed by atoms with Gasteiger partial charge in [0.05, 0.1) is 0 Å². The number of nitrogens with zero attached hydrogens (tertiary/aromatic N) is 1. The summed E-state index contributed by atoms with van der Waals surface area (Å²) in [7, 11) is 1.46. The summed E-state index contributed by atoms with van der Waals surface area (Å²) in [6.45, 7) is 2.68. The molecule has 3 rings (SSSR count). The van der Waals surface area contributed by atoms with Gasteiger partial charge in [-0.2, -0.15) is 0 Å². The van der Waals surface area contributed by atoms with Crippen molar-refractivity contribution < 1.29 is 19.1 Å². The third kappa shape index (κ3) is 1.63. The van der Waals surface area contributed by atoms with Gasteiger partial charge < -0.3 is 14.8 Å². The van der Waals surface area contributed by atoms with Gasteiger partial charge in [0.1, 0.15) is 18.8 Å². The Morgan fingerprint density at radius 3 is 2.53 bits per heavy atom. The zero-order chi connectivity index (χ0) is 13.6. The van der Waals surface area contributed by atoms with E-state index in [1.165, 1.54) is 7.05 Å². The molecule has 1 aromatic rings. The molecule has 1 N–H and O–H groups in total. The Morgan fingerprint density at radius 2 is 1.89 bits per heavy atom. The zero-order valence-electron chi connectivity index (χ0n) is 10.7. The van der Waals surface area contributed by atoms with E-state index >= 15 is 0 Å². The zero-order valence-corrected chi connectivity index (χ0v) is 10.7. The van der Waals surface area contributed by atoms with E-state index in [-0.39, 0.29) is 5.91 Å². The number of ether oxygens (including phenoxy) is 2. The molecule has 0 bridgehead atoms. The fourth-order valence-electron chi connectivity index (χ4n) is 2.33. The minimum absolute atomic E-state index is 0.283. The lowest BCUT2D eigenvalue weighted by Gasteiger charge is -2.25. The first-order chi connectivity index (χ1) is 9.02. The third-order valence-electron chi connectivity index (χ3n) is 3.51. The van der Waals surface area contributed by atoms with Crippen molar-refractivity contribution in [1.82, 2.24) is 10.2 Å². The van der Waals surface area contributed by atoms with Crippen molar-refractivity contribution in [3.05, 3.63) is 23.8 Å². The molecule has 3 amide bonds. The average molecular weight is 262 g/mol. The molecule has 0 aliphatic carbocycles. The molecule has 1 saturated heterocycles. The lowest BCUT2D eigenvalue weighted by Crippen LogP contribution is -2.40. The quantitative estimate of drug-likeness (QED) is 0.762. The summed E-state index contributed by atoms with van der Waals surface area (Å²) in [4.78, 5) is 24.9. The molecule has 2 aliphatic rings. The molecular weight excluding hydrogens is 248 g/mol. The van der Waals surface area contributed by atoms with Crippen molar-refractivity contribution in [2.45, 2.75) is 12.5 Å². The third-order valence-corrected chi connectivity index (χ3v) is 3.51. The van der Waals surface area contributed by atoms with Gasteiger partial charge in [-0.25, -0.2) is 4.79 Å². The van der Waals surface area contributed by atoms with Crippen LogP contribution in [-0.2, 0) is 10.3 Å². The van der Waals surface area contributed by atoms with E-state index in [0.29, 0.717) is 30.3 Å². The van der Waals surface area contributed by atoms with Crippen LogP contribution in [0, 0.1) is 0 Å². The summed E-state index contributed by atoms with van der Waals surface area (Å²) >= 11 is 0. The van der Waals surface area contributed by atoms with E-state index < -0.39 is 11.6 Å². The molecule has 1 atom stereocenters. The molecule has 0 spiro atoms. The molecule has 2 aliphatic heterocycles. The predicted octanol–water partition coefficient (Wildman–Crippen LogP) is 0.855. The van der Waals surface area contributed by atoms with Crippen molar-refractivity contribution in [2.75, 3.05) is 20.3 Å². The molecule has 1 fully saturated rings. The van der Waals surface area contributed by atoms with Gasteiger partial charge >= 0.3 is 6.03 Å². The smallest absolute Gasteiger partial charge is 0.325 e. The maximum absolute atomic E-state index is 12.2. The molecule has 1 unspecified atom stereocenters. The van der Waals surface area contributed by atoms with Crippen LogP contribution >= 0.6 is 0 Å². The van der Waals surface area contributed by atoms with Crippen LogP contribution in [0.2, 0.25) is 0 Å². The summed E-state index contributed by atoms with van der Waals surface area (Å²) in [5.41, 5.74) is -0.374. The summed E-state index contributed by atoms with van der Waals surface area (Å²) in [6, 6.07) is 4.87. The second-order valence-electron chi connectivity index (χ2n) is 4.78. The van der Waals surface area contributed by atoms with E-state index in [0.717, 1.165) is 4.90 Å². The van der Waals surface area contributed by atoms with Gasteiger partial charge in [0.15, 0.2) is 11.5 Å². The monoisotopic (exact) mass is 262 g/mol. The first kappa shape index (κ1) is 11.8. The van der Waals surface area contributed by atoms with E-state index in [1.54, 1.807) is 25.1 Å². The van der Waals surface area contributed by atoms with Crippen LogP contribution in [0.3, 0.4) is 0 Å². The fourth-order valence-corrected chi connectivity index (χ4v) is 2.33. The summed E-state index contributed by atoms with van der Waals surface area (Å²) in [5.74, 6) is 0.972.